The summed E-state index contributed by atoms with van der Waals surface area (Å²) in [5, 5.41) is 13.3. The van der Waals surface area contributed by atoms with Crippen LogP contribution in [0.25, 0.3) is 11.4 Å². The first kappa shape index (κ1) is 20.2. The average Bonchev–Trinajstić information content (AvgIpc) is 3.24. The summed E-state index contributed by atoms with van der Waals surface area (Å²) in [5.41, 5.74) is 1.75. The van der Waals surface area contributed by atoms with Gasteiger partial charge < -0.3 is 14.4 Å². The van der Waals surface area contributed by atoms with Gasteiger partial charge in [0.05, 0.1) is 0 Å². The predicted molar refractivity (Wildman–Crippen MR) is 111 cm³/mol. The van der Waals surface area contributed by atoms with Gasteiger partial charge in [-0.05, 0) is 53.6 Å². The molecular formula is C21H22ClN5O3. The minimum atomic E-state index is -0.541. The van der Waals surface area contributed by atoms with Crippen LogP contribution in [0.1, 0.15) is 24.9 Å². The lowest BCUT2D eigenvalue weighted by atomic mass is 10.1. The summed E-state index contributed by atoms with van der Waals surface area (Å²) in [6.07, 6.45) is 0.542. The zero-order valence-corrected chi connectivity index (χ0v) is 17.5. The van der Waals surface area contributed by atoms with E-state index in [1.165, 1.54) is 4.80 Å². The van der Waals surface area contributed by atoms with Crippen molar-refractivity contribution in [3.63, 3.8) is 0 Å². The summed E-state index contributed by atoms with van der Waals surface area (Å²) >= 11 is 5.93. The van der Waals surface area contributed by atoms with Crippen LogP contribution < -0.4 is 9.47 Å². The number of ether oxygens (including phenoxy) is 2. The first-order valence-electron chi connectivity index (χ1n) is 9.74. The summed E-state index contributed by atoms with van der Waals surface area (Å²) in [7, 11) is 1.76. The molecule has 0 saturated heterocycles. The molecule has 0 fully saturated rings. The van der Waals surface area contributed by atoms with Gasteiger partial charge in [-0.3, -0.25) is 4.79 Å². The van der Waals surface area contributed by atoms with E-state index in [1.54, 1.807) is 24.1 Å². The molecule has 0 radical (unpaired) electrons. The molecule has 156 valence electrons. The number of carbonyl (C=O) groups excluding carboxylic acids is 1. The molecule has 0 spiro atoms. The number of likely N-dealkylation sites (N-methyl/N-ethyl adjacent to an activating group) is 1. The van der Waals surface area contributed by atoms with Gasteiger partial charge in [0.1, 0.15) is 13.2 Å². The number of hydrogen-bond acceptors (Lipinski definition) is 6. The second-order valence-corrected chi connectivity index (χ2v) is 7.47. The number of tetrazole rings is 1. The van der Waals surface area contributed by atoms with E-state index in [4.69, 9.17) is 21.1 Å². The van der Waals surface area contributed by atoms with Gasteiger partial charge in [-0.1, -0.05) is 24.6 Å². The first-order chi connectivity index (χ1) is 14.5. The van der Waals surface area contributed by atoms with Crippen LogP contribution >= 0.6 is 11.6 Å². The van der Waals surface area contributed by atoms with Crippen LogP contribution in [0.4, 0.5) is 0 Å². The maximum Gasteiger partial charge on any atom is 0.249 e. The molecule has 0 saturated carbocycles. The molecule has 1 atom stereocenters. The SMILES string of the molecule is CCC(C(=O)N(C)Cc1ccc2c(c1)OCCO2)n1nnc(-c2ccc(Cl)cc2)n1. The van der Waals surface area contributed by atoms with Gasteiger partial charge >= 0.3 is 0 Å². The molecule has 1 aliphatic heterocycles. The minimum Gasteiger partial charge on any atom is -0.486 e. The maximum absolute atomic E-state index is 13.1. The number of fused-ring (bicyclic) bond motifs is 1. The third-order valence-corrected chi connectivity index (χ3v) is 5.14. The Labute approximate surface area is 179 Å². The number of halogens is 1. The van der Waals surface area contributed by atoms with Crippen LogP contribution in [-0.2, 0) is 11.3 Å². The number of nitrogens with zero attached hydrogens (tertiary/aromatic N) is 5. The molecule has 30 heavy (non-hydrogen) atoms. The molecule has 1 aromatic heterocycles. The largest absolute Gasteiger partial charge is 0.486 e. The fourth-order valence-corrected chi connectivity index (χ4v) is 3.43. The Morgan fingerprint density at radius 1 is 1.17 bits per heavy atom. The molecule has 1 unspecified atom stereocenters. The Balaban J connectivity index is 1.47. The van der Waals surface area contributed by atoms with Crippen molar-refractivity contribution >= 4 is 17.5 Å². The minimum absolute atomic E-state index is 0.0903. The molecule has 0 bridgehead atoms. The summed E-state index contributed by atoms with van der Waals surface area (Å²) in [4.78, 5) is 16.1. The van der Waals surface area contributed by atoms with Crippen LogP contribution in [-0.4, -0.2) is 51.3 Å². The number of benzene rings is 2. The van der Waals surface area contributed by atoms with E-state index in [0.717, 1.165) is 16.9 Å². The zero-order valence-electron chi connectivity index (χ0n) is 16.8. The Morgan fingerprint density at radius 3 is 2.63 bits per heavy atom. The smallest absolute Gasteiger partial charge is 0.249 e. The van der Waals surface area contributed by atoms with Crippen LogP contribution in [0, 0.1) is 0 Å². The Kier molecular flexibility index (Phi) is 5.85. The van der Waals surface area contributed by atoms with Crippen molar-refractivity contribution in [1.29, 1.82) is 0 Å². The summed E-state index contributed by atoms with van der Waals surface area (Å²) in [6, 6.07) is 12.3. The third-order valence-electron chi connectivity index (χ3n) is 4.88. The highest BCUT2D eigenvalue weighted by Crippen LogP contribution is 2.31. The highest BCUT2D eigenvalue weighted by atomic mass is 35.5. The zero-order chi connectivity index (χ0) is 21.1. The van der Waals surface area contributed by atoms with E-state index in [9.17, 15) is 4.79 Å². The van der Waals surface area contributed by atoms with Crippen molar-refractivity contribution in [3.8, 4) is 22.9 Å². The fourth-order valence-electron chi connectivity index (χ4n) is 3.30. The molecule has 0 N–H and O–H groups in total. The lowest BCUT2D eigenvalue weighted by Crippen LogP contribution is -2.35. The Morgan fingerprint density at radius 2 is 1.90 bits per heavy atom. The maximum atomic E-state index is 13.1. The van der Waals surface area contributed by atoms with E-state index < -0.39 is 6.04 Å². The molecule has 8 nitrogen and oxygen atoms in total. The number of hydrogen-bond donors (Lipinski definition) is 0. The standard InChI is InChI=1S/C21H22ClN5O3/c1-3-17(27-24-20(23-25-27)15-5-7-16(22)8-6-15)21(28)26(2)13-14-4-9-18-19(12-14)30-11-10-29-18/h4-9,12,17H,3,10-11,13H2,1-2H3. The van der Waals surface area contributed by atoms with E-state index in [1.807, 2.05) is 37.3 Å². The topological polar surface area (TPSA) is 82.4 Å². The van der Waals surface area contributed by atoms with E-state index >= 15 is 0 Å². The number of rotatable bonds is 6. The van der Waals surface area contributed by atoms with Gasteiger partial charge in [0.15, 0.2) is 17.5 Å². The van der Waals surface area contributed by atoms with Crippen molar-refractivity contribution in [2.24, 2.45) is 0 Å². The summed E-state index contributed by atoms with van der Waals surface area (Å²) < 4.78 is 11.2. The van der Waals surface area contributed by atoms with Crippen molar-refractivity contribution in [3.05, 3.63) is 53.1 Å². The number of carbonyl (C=O) groups is 1. The molecular weight excluding hydrogens is 406 g/mol. The number of amides is 1. The normalized spacial score (nSPS) is 13.7. The van der Waals surface area contributed by atoms with Crippen molar-refractivity contribution in [2.45, 2.75) is 25.9 Å². The first-order valence-corrected chi connectivity index (χ1v) is 10.1. The monoisotopic (exact) mass is 427 g/mol. The highest BCUT2D eigenvalue weighted by Gasteiger charge is 2.25. The van der Waals surface area contributed by atoms with Crippen LogP contribution in [0.5, 0.6) is 11.5 Å². The van der Waals surface area contributed by atoms with Crippen molar-refractivity contribution in [2.75, 3.05) is 20.3 Å². The lowest BCUT2D eigenvalue weighted by Gasteiger charge is -2.23. The molecule has 0 aliphatic carbocycles. The third kappa shape index (κ3) is 4.23. The Bertz CT molecular complexity index is 1040. The highest BCUT2D eigenvalue weighted by molar-refractivity contribution is 6.30. The van der Waals surface area contributed by atoms with E-state index in [-0.39, 0.29) is 5.91 Å². The fraction of sp³-hybridized carbons (Fsp3) is 0.333. The molecule has 4 rings (SSSR count). The summed E-state index contributed by atoms with van der Waals surface area (Å²) in [5.74, 6) is 1.80. The van der Waals surface area contributed by atoms with Gasteiger partial charge in [-0.15, -0.1) is 10.2 Å². The van der Waals surface area contributed by atoms with E-state index in [0.29, 0.717) is 42.8 Å². The molecule has 1 aliphatic rings. The average molecular weight is 428 g/mol. The molecule has 9 heteroatoms. The van der Waals surface area contributed by atoms with Crippen LogP contribution in [0.15, 0.2) is 42.5 Å². The number of aromatic nitrogens is 4. The molecule has 2 aromatic carbocycles. The molecule has 1 amide bonds. The van der Waals surface area contributed by atoms with Crippen LogP contribution in [0.3, 0.4) is 0 Å². The molecule has 3 aromatic rings. The van der Waals surface area contributed by atoms with E-state index in [2.05, 4.69) is 15.4 Å². The summed E-state index contributed by atoms with van der Waals surface area (Å²) in [6.45, 7) is 3.43. The molecule has 2 heterocycles. The van der Waals surface area contributed by atoms with Crippen molar-refractivity contribution < 1.29 is 14.3 Å². The van der Waals surface area contributed by atoms with Gasteiger partial charge in [0.25, 0.3) is 0 Å². The van der Waals surface area contributed by atoms with Gasteiger partial charge in [-0.2, -0.15) is 4.80 Å². The Hall–Kier alpha value is -3.13. The van der Waals surface area contributed by atoms with Gasteiger partial charge in [0.2, 0.25) is 11.7 Å². The van der Waals surface area contributed by atoms with Crippen molar-refractivity contribution in [1.82, 2.24) is 25.1 Å². The quantitative estimate of drug-likeness (QED) is 0.599. The van der Waals surface area contributed by atoms with Gasteiger partial charge in [0, 0.05) is 24.2 Å². The van der Waals surface area contributed by atoms with Gasteiger partial charge in [-0.25, -0.2) is 0 Å². The second kappa shape index (κ2) is 8.71. The lowest BCUT2D eigenvalue weighted by molar-refractivity contribution is -0.134. The van der Waals surface area contributed by atoms with Crippen LogP contribution in [0.2, 0.25) is 5.02 Å². The predicted octanol–water partition coefficient (Wildman–Crippen LogP) is 3.37. The second-order valence-electron chi connectivity index (χ2n) is 7.04.